The summed E-state index contributed by atoms with van der Waals surface area (Å²) in [6.07, 6.45) is 3.45. The fraction of sp³-hybridized carbons (Fsp3) is 0.484. The molecule has 4 heterocycles. The van der Waals surface area contributed by atoms with Gasteiger partial charge in [0.2, 0.25) is 14.3 Å². The van der Waals surface area contributed by atoms with Crippen LogP contribution in [0.25, 0.3) is 0 Å². The Balaban J connectivity index is 1.40. The molecule has 2 saturated heterocycles. The molecule has 4 atom stereocenters. The fourth-order valence-electron chi connectivity index (χ4n) is 7.25. The van der Waals surface area contributed by atoms with Crippen LogP contribution in [-0.4, -0.2) is 59.6 Å². The van der Waals surface area contributed by atoms with Crippen molar-refractivity contribution in [3.8, 4) is 0 Å². The maximum Gasteiger partial charge on any atom is 0.264 e. The highest BCUT2D eigenvalue weighted by Crippen LogP contribution is 2.60. The molecule has 2 aromatic carbocycles. The smallest absolute Gasteiger partial charge is 0.264 e. The minimum atomic E-state index is -3.33. The second kappa shape index (κ2) is 11.0. The van der Waals surface area contributed by atoms with Gasteiger partial charge in [-0.05, 0) is 49.7 Å². The number of rotatable bonds is 9. The van der Waals surface area contributed by atoms with E-state index >= 15 is 4.11 Å². The molecule has 1 aromatic heterocycles. The molecule has 0 saturated carbocycles. The van der Waals surface area contributed by atoms with Crippen molar-refractivity contribution in [2.45, 2.75) is 76.0 Å². The van der Waals surface area contributed by atoms with Gasteiger partial charge in [0.15, 0.2) is 5.60 Å². The number of hydrogen-bond acceptors (Lipinski definition) is 6. The molecule has 11 heteroatoms. The van der Waals surface area contributed by atoms with Crippen LogP contribution in [0.3, 0.4) is 0 Å². The molecular formula is C31H38FN5O4Si. The first kappa shape index (κ1) is 28.7. The summed E-state index contributed by atoms with van der Waals surface area (Å²) >= 11 is 0. The van der Waals surface area contributed by atoms with Crippen molar-refractivity contribution in [3.63, 3.8) is 0 Å². The Kier molecular flexibility index (Phi) is 7.53. The molecule has 3 aliphatic rings. The van der Waals surface area contributed by atoms with E-state index in [2.05, 4.69) is 10.3 Å². The Morgan fingerprint density at radius 2 is 1.95 bits per heavy atom. The van der Waals surface area contributed by atoms with Crippen LogP contribution >= 0.6 is 0 Å². The zero-order valence-corrected chi connectivity index (χ0v) is 25.4. The zero-order chi connectivity index (χ0) is 29.6. The van der Waals surface area contributed by atoms with Crippen LogP contribution in [0.1, 0.15) is 43.0 Å². The first-order chi connectivity index (χ1) is 20.1. The number of aliphatic hydroxyl groups excluding tert-OH is 1. The van der Waals surface area contributed by atoms with Gasteiger partial charge in [0.1, 0.15) is 0 Å². The van der Waals surface area contributed by atoms with Crippen LogP contribution in [0.2, 0.25) is 18.6 Å². The van der Waals surface area contributed by atoms with Gasteiger partial charge in [-0.15, -0.1) is 5.10 Å². The van der Waals surface area contributed by atoms with Gasteiger partial charge in [0, 0.05) is 61.4 Å². The number of fused-ring (bicyclic) bond motifs is 2. The normalized spacial score (nSPS) is 25.7. The summed E-state index contributed by atoms with van der Waals surface area (Å²) in [6, 6.07) is 15.6. The molecule has 1 spiro atoms. The van der Waals surface area contributed by atoms with Crippen molar-refractivity contribution in [1.82, 2.24) is 15.0 Å². The number of hydrogen-bond donors (Lipinski definition) is 1. The van der Waals surface area contributed by atoms with Crippen LogP contribution in [0.4, 0.5) is 15.5 Å². The van der Waals surface area contributed by atoms with Crippen LogP contribution in [0, 0.1) is 5.92 Å². The number of aromatic nitrogens is 3. The second-order valence-corrected chi connectivity index (χ2v) is 16.0. The molecule has 42 heavy (non-hydrogen) atoms. The van der Waals surface area contributed by atoms with Crippen molar-refractivity contribution >= 4 is 31.6 Å². The van der Waals surface area contributed by atoms with E-state index in [0.29, 0.717) is 50.2 Å². The lowest BCUT2D eigenvalue weighted by Crippen LogP contribution is -2.45. The molecule has 3 aromatic rings. The highest BCUT2D eigenvalue weighted by Gasteiger charge is 2.66. The molecule has 0 aliphatic carbocycles. The Hall–Kier alpha value is -3.41. The maximum atomic E-state index is 16.2. The van der Waals surface area contributed by atoms with Crippen molar-refractivity contribution < 1.29 is 23.5 Å². The van der Waals surface area contributed by atoms with Gasteiger partial charge < -0.3 is 23.8 Å². The summed E-state index contributed by atoms with van der Waals surface area (Å²) in [5.41, 5.74) is 2.07. The second-order valence-electron chi connectivity index (χ2n) is 12.2. The molecular weight excluding hydrogens is 553 g/mol. The van der Waals surface area contributed by atoms with Crippen LogP contribution < -0.4 is 9.80 Å². The number of nitrogens with zero attached hydrogens (tertiary/aromatic N) is 5. The molecule has 2 amide bonds. The first-order valence-corrected chi connectivity index (χ1v) is 17.8. The van der Waals surface area contributed by atoms with Gasteiger partial charge in [-0.25, -0.2) is 0 Å². The number of carbonyl (C=O) groups is 2. The number of carbonyl (C=O) groups excluding carboxylic acids is 2. The van der Waals surface area contributed by atoms with E-state index in [9.17, 15) is 14.7 Å². The summed E-state index contributed by atoms with van der Waals surface area (Å²) in [4.78, 5) is 30.8. The minimum Gasteiger partial charge on any atom is -0.396 e. The van der Waals surface area contributed by atoms with Gasteiger partial charge >= 0.3 is 0 Å². The summed E-state index contributed by atoms with van der Waals surface area (Å²) in [5.74, 6) is -0.543. The fourth-order valence-corrected chi connectivity index (χ4v) is 9.80. The van der Waals surface area contributed by atoms with E-state index in [0.717, 1.165) is 23.4 Å². The molecule has 3 aliphatic heterocycles. The number of aliphatic hydroxyl groups is 1. The Bertz CT molecular complexity index is 1480. The predicted molar refractivity (Wildman–Crippen MR) is 159 cm³/mol. The van der Waals surface area contributed by atoms with E-state index in [-0.39, 0.29) is 18.4 Å². The number of aryl methyl sites for hydroxylation is 1. The zero-order valence-electron chi connectivity index (χ0n) is 24.4. The SMILES string of the molecule is C[C@@H]1[C@@H]([Si](C)(C)F)[C@H](CCn2cc(CCO)nn2)O[C@@]12C(=O)N(Cc1ccccc1)c1ccc(N3CCCC3=O)cc12. The highest BCUT2D eigenvalue weighted by atomic mass is 28.4. The third-order valence-electron chi connectivity index (χ3n) is 9.11. The van der Waals surface area contributed by atoms with Crippen molar-refractivity contribution in [2.24, 2.45) is 5.92 Å². The van der Waals surface area contributed by atoms with E-state index in [1.54, 1.807) is 33.8 Å². The van der Waals surface area contributed by atoms with E-state index < -0.39 is 31.6 Å². The lowest BCUT2D eigenvalue weighted by atomic mass is 9.82. The van der Waals surface area contributed by atoms with Gasteiger partial charge in [-0.2, -0.15) is 0 Å². The number of anilines is 2. The van der Waals surface area contributed by atoms with E-state index in [4.69, 9.17) is 4.74 Å². The minimum absolute atomic E-state index is 0.0137. The molecule has 0 unspecified atom stereocenters. The summed E-state index contributed by atoms with van der Waals surface area (Å²) in [5, 5.41) is 17.5. The largest absolute Gasteiger partial charge is 0.396 e. The third kappa shape index (κ3) is 4.87. The van der Waals surface area contributed by atoms with Crippen molar-refractivity contribution in [1.29, 1.82) is 0 Å². The number of amides is 2. The van der Waals surface area contributed by atoms with E-state index in [1.807, 2.05) is 55.5 Å². The van der Waals surface area contributed by atoms with Gasteiger partial charge in [-0.3, -0.25) is 14.3 Å². The molecule has 222 valence electrons. The molecule has 2 fully saturated rings. The molecule has 9 nitrogen and oxygen atoms in total. The lowest BCUT2D eigenvalue weighted by Gasteiger charge is -2.31. The van der Waals surface area contributed by atoms with Crippen LogP contribution in [-0.2, 0) is 39.4 Å². The maximum absolute atomic E-state index is 16.2. The summed E-state index contributed by atoms with van der Waals surface area (Å²) in [7, 11) is -3.33. The van der Waals surface area contributed by atoms with E-state index in [1.165, 1.54) is 0 Å². The monoisotopic (exact) mass is 591 g/mol. The van der Waals surface area contributed by atoms with Gasteiger partial charge in [0.25, 0.3) is 5.91 Å². The predicted octanol–water partition coefficient (Wildman–Crippen LogP) is 4.35. The lowest BCUT2D eigenvalue weighted by molar-refractivity contribution is -0.146. The topological polar surface area (TPSA) is 101 Å². The number of halogens is 1. The summed E-state index contributed by atoms with van der Waals surface area (Å²) < 4.78 is 24.8. The van der Waals surface area contributed by atoms with Gasteiger partial charge in [-0.1, -0.05) is 42.5 Å². The Labute approximate surface area is 246 Å². The average molecular weight is 592 g/mol. The quantitative estimate of drug-likeness (QED) is 0.293. The van der Waals surface area contributed by atoms with Crippen LogP contribution in [0.5, 0.6) is 0 Å². The molecule has 6 rings (SSSR count). The number of benzene rings is 2. The molecule has 0 bridgehead atoms. The molecule has 0 radical (unpaired) electrons. The molecule has 1 N–H and O–H groups in total. The Morgan fingerprint density at radius 1 is 1.17 bits per heavy atom. The number of ether oxygens (including phenoxy) is 1. The Morgan fingerprint density at radius 3 is 2.64 bits per heavy atom. The van der Waals surface area contributed by atoms with Crippen LogP contribution in [0.15, 0.2) is 54.7 Å². The van der Waals surface area contributed by atoms with Crippen molar-refractivity contribution in [3.05, 3.63) is 71.5 Å². The average Bonchev–Trinajstić information content (AvgIpc) is 3.71. The standard InChI is InChI=1S/C31H38FN5O4Si/c1-21-29(42(2,3)32)27(13-16-35-20-23(14-17-38)33-34-35)41-31(21)25-18-24(36-15-7-10-28(36)39)11-12-26(25)37(30(31)40)19-22-8-5-4-6-9-22/h4-6,8-9,11-12,18,20-21,27,29,38H,7,10,13-17,19H2,1-3H3/t21-,27+,29-,31+/m1/s1. The first-order valence-electron chi connectivity index (χ1n) is 14.8. The van der Waals surface area contributed by atoms with Crippen molar-refractivity contribution in [2.75, 3.05) is 23.0 Å². The highest BCUT2D eigenvalue weighted by molar-refractivity contribution is 6.72. The van der Waals surface area contributed by atoms with Gasteiger partial charge in [0.05, 0.1) is 24.0 Å². The third-order valence-corrected chi connectivity index (χ3v) is 11.6. The summed E-state index contributed by atoms with van der Waals surface area (Å²) in [6.45, 7) is 6.78.